The van der Waals surface area contributed by atoms with Crippen LogP contribution in [0.25, 0.3) is 0 Å². The van der Waals surface area contributed by atoms with Crippen LogP contribution in [0.5, 0.6) is 0 Å². The number of fused-ring (bicyclic) bond motifs is 1. The first-order valence-corrected chi connectivity index (χ1v) is 10.5. The van der Waals surface area contributed by atoms with Gasteiger partial charge in [0.1, 0.15) is 11.9 Å². The van der Waals surface area contributed by atoms with Gasteiger partial charge in [-0.3, -0.25) is 0 Å². The largest absolute Gasteiger partial charge is 0.206 e. The highest BCUT2D eigenvalue weighted by molar-refractivity contribution is 5.42. The summed E-state index contributed by atoms with van der Waals surface area (Å²) in [5.41, 5.74) is 5.26. The Morgan fingerprint density at radius 1 is 0.926 bits per heavy atom. The van der Waals surface area contributed by atoms with Gasteiger partial charge in [-0.05, 0) is 97.1 Å². The normalized spacial score (nSPS) is 24.9. The molecule has 1 fully saturated rings. The maximum atomic E-state index is 14.0. The Balaban J connectivity index is 1.46. The Morgan fingerprint density at radius 3 is 2.22 bits per heavy atom. The highest BCUT2D eigenvalue weighted by Crippen LogP contribution is 2.38. The summed E-state index contributed by atoms with van der Waals surface area (Å²) in [6, 6.07) is 14.6. The van der Waals surface area contributed by atoms with Gasteiger partial charge in [0.15, 0.2) is 0 Å². The molecule has 4 rings (SSSR count). The lowest BCUT2D eigenvalue weighted by molar-refractivity contribution is 0.319. The molecule has 2 aliphatic rings. The number of nitriles is 1. The lowest BCUT2D eigenvalue weighted by Crippen LogP contribution is -2.14. The number of halogens is 1. The van der Waals surface area contributed by atoms with Crippen molar-refractivity contribution in [2.75, 3.05) is 0 Å². The summed E-state index contributed by atoms with van der Waals surface area (Å²) in [7, 11) is 0. The molecule has 1 unspecified atom stereocenters. The zero-order valence-corrected chi connectivity index (χ0v) is 16.2. The number of aryl methyl sites for hydroxylation is 1. The van der Waals surface area contributed by atoms with Crippen LogP contribution in [0.1, 0.15) is 85.1 Å². The van der Waals surface area contributed by atoms with E-state index in [4.69, 9.17) is 5.26 Å². The van der Waals surface area contributed by atoms with Gasteiger partial charge in [0.2, 0.25) is 0 Å². The molecule has 2 aromatic carbocycles. The minimum atomic E-state index is -0.380. The summed E-state index contributed by atoms with van der Waals surface area (Å²) < 4.78 is 14.0. The minimum absolute atomic E-state index is 0.175. The summed E-state index contributed by atoms with van der Waals surface area (Å²) in [5.74, 6) is 1.74. The van der Waals surface area contributed by atoms with Gasteiger partial charge in [-0.15, -0.1) is 0 Å². The molecule has 1 nitrogen and oxygen atoms in total. The molecular weight excluding hydrogens is 333 g/mol. The molecule has 140 valence electrons. The van der Waals surface area contributed by atoms with Crippen molar-refractivity contribution in [3.05, 3.63) is 70.0 Å². The van der Waals surface area contributed by atoms with Crippen LogP contribution in [0, 0.1) is 23.1 Å². The average molecular weight is 362 g/mol. The van der Waals surface area contributed by atoms with E-state index in [9.17, 15) is 4.39 Å². The first-order valence-electron chi connectivity index (χ1n) is 10.5. The third-order valence-corrected chi connectivity index (χ3v) is 6.94. The van der Waals surface area contributed by atoms with Gasteiger partial charge < -0.3 is 0 Å². The fourth-order valence-corrected chi connectivity index (χ4v) is 5.09. The third kappa shape index (κ3) is 3.79. The second-order valence-electron chi connectivity index (χ2n) is 8.44. The van der Waals surface area contributed by atoms with Crippen molar-refractivity contribution in [1.82, 2.24) is 0 Å². The van der Waals surface area contributed by atoms with Crippen molar-refractivity contribution in [1.29, 1.82) is 5.26 Å². The molecule has 2 aliphatic carbocycles. The topological polar surface area (TPSA) is 23.8 Å². The summed E-state index contributed by atoms with van der Waals surface area (Å²) in [6.45, 7) is 2.31. The summed E-state index contributed by atoms with van der Waals surface area (Å²) in [5, 5.41) is 9.02. The van der Waals surface area contributed by atoms with E-state index in [0.29, 0.717) is 5.92 Å². The van der Waals surface area contributed by atoms with Crippen molar-refractivity contribution in [2.45, 2.75) is 70.1 Å². The van der Waals surface area contributed by atoms with E-state index in [1.165, 1.54) is 43.2 Å². The molecule has 0 amide bonds. The van der Waals surface area contributed by atoms with Gasteiger partial charge in [-0.1, -0.05) is 37.6 Å². The van der Waals surface area contributed by atoms with Gasteiger partial charge in [0, 0.05) is 0 Å². The average Bonchev–Trinajstić information content (AvgIpc) is 2.73. The van der Waals surface area contributed by atoms with E-state index in [1.54, 1.807) is 12.1 Å². The zero-order chi connectivity index (χ0) is 18.8. The van der Waals surface area contributed by atoms with E-state index in [1.807, 2.05) is 6.07 Å². The second kappa shape index (κ2) is 7.85. The Kier molecular flexibility index (Phi) is 5.30. The first-order chi connectivity index (χ1) is 13.2. The number of hydrogen-bond donors (Lipinski definition) is 0. The smallest absolute Gasteiger partial charge is 0.141 e. The number of nitrogens with zero attached hydrogens (tertiary/aromatic N) is 1. The molecule has 1 saturated carbocycles. The van der Waals surface area contributed by atoms with Crippen LogP contribution in [0.2, 0.25) is 0 Å². The molecule has 2 aromatic rings. The summed E-state index contributed by atoms with van der Waals surface area (Å²) in [6.07, 6.45) is 9.61. The monoisotopic (exact) mass is 361 g/mol. The lowest BCUT2D eigenvalue weighted by atomic mass is 9.76. The van der Waals surface area contributed by atoms with E-state index in [2.05, 4.69) is 31.2 Å². The fraction of sp³-hybridized carbons (Fsp3) is 0.480. The van der Waals surface area contributed by atoms with Gasteiger partial charge in [0.05, 0.1) is 5.56 Å². The maximum absolute atomic E-state index is 14.0. The quantitative estimate of drug-likeness (QED) is 0.600. The molecule has 0 heterocycles. The van der Waals surface area contributed by atoms with Crippen molar-refractivity contribution in [2.24, 2.45) is 5.92 Å². The second-order valence-corrected chi connectivity index (χ2v) is 8.44. The van der Waals surface area contributed by atoms with Crippen molar-refractivity contribution < 1.29 is 4.39 Å². The highest BCUT2D eigenvalue weighted by Gasteiger charge is 2.24. The van der Waals surface area contributed by atoms with Crippen LogP contribution in [0.3, 0.4) is 0 Å². The molecule has 2 heteroatoms. The van der Waals surface area contributed by atoms with E-state index in [0.717, 1.165) is 42.2 Å². The van der Waals surface area contributed by atoms with Crippen LogP contribution in [-0.2, 0) is 12.8 Å². The van der Waals surface area contributed by atoms with Crippen LogP contribution in [0.15, 0.2) is 36.4 Å². The van der Waals surface area contributed by atoms with Gasteiger partial charge in [-0.2, -0.15) is 5.26 Å². The zero-order valence-electron chi connectivity index (χ0n) is 16.2. The SMILES string of the molecule is CCC1CCC(c2ccc(C3CCc4cc(C#N)c(F)cc4C3)cc2)CC1. The molecular formula is C25H28FN. The van der Waals surface area contributed by atoms with Crippen molar-refractivity contribution >= 4 is 0 Å². The Morgan fingerprint density at radius 2 is 1.59 bits per heavy atom. The van der Waals surface area contributed by atoms with Crippen LogP contribution < -0.4 is 0 Å². The molecule has 0 spiro atoms. The fourth-order valence-electron chi connectivity index (χ4n) is 5.09. The standard InChI is InChI=1S/C25H28FN/c1-2-17-3-5-18(6-4-17)19-7-9-20(10-8-19)21-11-12-22-14-24(16-27)25(26)15-23(22)13-21/h7-10,14-15,17-18,21H,2-6,11-13H2,1H3. The van der Waals surface area contributed by atoms with Gasteiger partial charge >= 0.3 is 0 Å². The van der Waals surface area contributed by atoms with E-state index < -0.39 is 0 Å². The third-order valence-electron chi connectivity index (χ3n) is 6.94. The Labute approximate surface area is 162 Å². The molecule has 27 heavy (non-hydrogen) atoms. The van der Waals surface area contributed by atoms with Crippen LogP contribution in [-0.4, -0.2) is 0 Å². The van der Waals surface area contributed by atoms with Crippen molar-refractivity contribution in [3.8, 4) is 6.07 Å². The number of rotatable bonds is 3. The molecule has 0 N–H and O–H groups in total. The maximum Gasteiger partial charge on any atom is 0.141 e. The van der Waals surface area contributed by atoms with Crippen LogP contribution in [0.4, 0.5) is 4.39 Å². The molecule has 0 bridgehead atoms. The van der Waals surface area contributed by atoms with Crippen LogP contribution >= 0.6 is 0 Å². The lowest BCUT2D eigenvalue weighted by Gasteiger charge is -2.29. The van der Waals surface area contributed by atoms with Gasteiger partial charge in [-0.25, -0.2) is 4.39 Å². The predicted octanol–water partition coefficient (Wildman–Crippen LogP) is 6.65. The minimum Gasteiger partial charge on any atom is -0.206 e. The summed E-state index contributed by atoms with van der Waals surface area (Å²) in [4.78, 5) is 0. The van der Waals surface area contributed by atoms with Crippen molar-refractivity contribution in [3.63, 3.8) is 0 Å². The Hall–Kier alpha value is -2.14. The predicted molar refractivity (Wildman–Crippen MR) is 107 cm³/mol. The summed E-state index contributed by atoms with van der Waals surface area (Å²) >= 11 is 0. The van der Waals surface area contributed by atoms with Gasteiger partial charge in [0.25, 0.3) is 0 Å². The molecule has 0 radical (unpaired) electrons. The first kappa shape index (κ1) is 18.2. The molecule has 0 saturated heterocycles. The van der Waals surface area contributed by atoms with E-state index in [-0.39, 0.29) is 11.4 Å². The number of benzene rings is 2. The van der Waals surface area contributed by atoms with E-state index >= 15 is 0 Å². The highest BCUT2D eigenvalue weighted by atomic mass is 19.1. The Bertz CT molecular complexity index is 838. The molecule has 0 aromatic heterocycles. The number of hydrogen-bond acceptors (Lipinski definition) is 1. The molecule has 1 atom stereocenters. The molecule has 0 aliphatic heterocycles.